The number of para-hydroxylation sites is 3. The van der Waals surface area contributed by atoms with Crippen molar-refractivity contribution in [2.45, 2.75) is 34.6 Å². The number of aryl methyl sites for hydroxylation is 4. The number of anilines is 4. The maximum Gasteiger partial charge on any atom is 0.162 e. The third kappa shape index (κ3) is 7.64. The molecule has 0 saturated heterocycles. The van der Waals surface area contributed by atoms with Crippen LogP contribution in [0.15, 0.2) is 158 Å². The average molecular weight is 1020 g/mol. The fourth-order valence-electron chi connectivity index (χ4n) is 8.46. The number of rotatable bonds is 8. The zero-order chi connectivity index (χ0) is 43.5. The van der Waals surface area contributed by atoms with E-state index >= 15 is 0 Å². The molecule has 7 aromatic carbocycles. The molecule has 0 aliphatic carbocycles. The van der Waals surface area contributed by atoms with Crippen LogP contribution in [0.3, 0.4) is 0 Å². The van der Waals surface area contributed by atoms with Gasteiger partial charge in [0.25, 0.3) is 0 Å². The molecule has 8 nitrogen and oxygen atoms in total. The first kappa shape index (κ1) is 41.6. The molecule has 11 rings (SSSR count). The fraction of sp³-hybridized carbons (Fsp3) is 0.0893. The second-order valence-electron chi connectivity index (χ2n) is 16.4. The van der Waals surface area contributed by atoms with Crippen molar-refractivity contribution in [2.24, 2.45) is 0 Å². The van der Waals surface area contributed by atoms with Crippen LogP contribution in [0, 0.1) is 53.4 Å². The molecular formula is C56H42N7OPt-3. The van der Waals surface area contributed by atoms with Crippen molar-refractivity contribution in [2.75, 3.05) is 9.80 Å². The summed E-state index contributed by atoms with van der Waals surface area (Å²) in [5.74, 6) is 3.29. The van der Waals surface area contributed by atoms with Gasteiger partial charge in [-0.25, -0.2) is 19.9 Å². The normalized spacial score (nSPS) is 12.1. The van der Waals surface area contributed by atoms with E-state index in [1.807, 2.05) is 42.6 Å². The van der Waals surface area contributed by atoms with Crippen molar-refractivity contribution in [3.05, 3.63) is 204 Å². The summed E-state index contributed by atoms with van der Waals surface area (Å²) in [4.78, 5) is 24.6. The summed E-state index contributed by atoms with van der Waals surface area (Å²) in [6, 6.07) is 59.1. The third-order valence-electron chi connectivity index (χ3n) is 12.1. The molecule has 9 heteroatoms. The number of fused-ring (bicyclic) bond motifs is 4. The number of hydrogen-bond donors (Lipinski definition) is 0. The van der Waals surface area contributed by atoms with E-state index in [1.165, 1.54) is 16.7 Å². The van der Waals surface area contributed by atoms with Crippen LogP contribution in [0.1, 0.15) is 27.8 Å². The monoisotopic (exact) mass is 1020 g/mol. The largest absolute Gasteiger partial charge is 0.508 e. The molecule has 0 amide bonds. The molecule has 10 aromatic rings. The molecule has 65 heavy (non-hydrogen) atoms. The first-order valence-electron chi connectivity index (χ1n) is 21.4. The van der Waals surface area contributed by atoms with Gasteiger partial charge in [-0.3, -0.25) is 0 Å². The van der Waals surface area contributed by atoms with E-state index in [9.17, 15) is 0 Å². The number of benzene rings is 7. The van der Waals surface area contributed by atoms with Crippen molar-refractivity contribution < 1.29 is 25.8 Å². The van der Waals surface area contributed by atoms with Crippen molar-refractivity contribution in [3.63, 3.8) is 0 Å². The minimum Gasteiger partial charge on any atom is -0.508 e. The summed E-state index contributed by atoms with van der Waals surface area (Å²) in [5.41, 5.74) is 14.4. The minimum absolute atomic E-state index is 0. The Morgan fingerprint density at radius 3 is 1.83 bits per heavy atom. The van der Waals surface area contributed by atoms with Gasteiger partial charge in [-0.05, 0) is 105 Å². The van der Waals surface area contributed by atoms with E-state index in [0.29, 0.717) is 34.5 Å². The quantitative estimate of drug-likeness (QED) is 0.140. The molecule has 0 saturated carbocycles. The molecule has 0 radical (unpaired) electrons. The molecule has 1 aliphatic heterocycles. The van der Waals surface area contributed by atoms with E-state index in [1.54, 1.807) is 0 Å². The molecule has 0 spiro atoms. The number of nitrogens with zero attached hydrogens (tertiary/aromatic N) is 7. The fourth-order valence-corrected chi connectivity index (χ4v) is 8.46. The summed E-state index contributed by atoms with van der Waals surface area (Å²) in [7, 11) is 0. The molecule has 4 heterocycles. The first-order valence-corrected chi connectivity index (χ1v) is 21.4. The molecule has 320 valence electrons. The van der Waals surface area contributed by atoms with Gasteiger partial charge in [-0.15, -0.1) is 48.1 Å². The molecular weight excluding hydrogens is 982 g/mol. The van der Waals surface area contributed by atoms with Crippen LogP contribution in [0.4, 0.5) is 22.7 Å². The third-order valence-corrected chi connectivity index (χ3v) is 12.1. The number of aromatic nitrogens is 5. The van der Waals surface area contributed by atoms with Crippen LogP contribution in [0.5, 0.6) is 11.5 Å². The molecule has 0 fully saturated rings. The van der Waals surface area contributed by atoms with Crippen molar-refractivity contribution in [1.82, 2.24) is 24.5 Å². The second kappa shape index (κ2) is 16.9. The molecule has 0 unspecified atom stereocenters. The van der Waals surface area contributed by atoms with Crippen LogP contribution in [0.25, 0.3) is 61.8 Å². The second-order valence-corrected chi connectivity index (χ2v) is 16.4. The Bertz CT molecular complexity index is 3320. The molecule has 3 aromatic heterocycles. The molecule has 0 bridgehead atoms. The Kier molecular flexibility index (Phi) is 10.8. The van der Waals surface area contributed by atoms with E-state index < -0.39 is 0 Å². The summed E-state index contributed by atoms with van der Waals surface area (Å²) in [5, 5.41) is 2.00. The Morgan fingerprint density at radius 2 is 1.17 bits per heavy atom. The van der Waals surface area contributed by atoms with E-state index in [2.05, 4.69) is 183 Å². The Labute approximate surface area is 393 Å². The van der Waals surface area contributed by atoms with Gasteiger partial charge in [-0.1, -0.05) is 102 Å². The number of ether oxygens (including phenoxy) is 1. The Balaban J connectivity index is 0.00000498. The van der Waals surface area contributed by atoms with Crippen molar-refractivity contribution >= 4 is 44.6 Å². The van der Waals surface area contributed by atoms with E-state index in [0.717, 1.165) is 72.6 Å². The number of hydrogen-bond acceptors (Lipinski definition) is 7. The average Bonchev–Trinajstić information content (AvgIpc) is 3.87. The Morgan fingerprint density at radius 1 is 0.554 bits per heavy atom. The van der Waals surface area contributed by atoms with Gasteiger partial charge < -0.3 is 19.1 Å². The van der Waals surface area contributed by atoms with Crippen molar-refractivity contribution in [1.29, 1.82) is 0 Å². The molecule has 0 atom stereocenters. The SMILES string of the molecule is Cc1ccc(-c2nc(-c3ccc(C)cc3)nc(-c3cc4c5ccccc5n(-c5ccccn5)c4[c-]c3Oc3[c-]c(N4[CH-]N(c5cc(C)c(C)c(C)c5)c5ccccc54)ccc3)n2)cc1.[Pt]. The zero-order valence-electron chi connectivity index (χ0n) is 36.4. The summed E-state index contributed by atoms with van der Waals surface area (Å²) in [6.07, 6.45) is 1.81. The van der Waals surface area contributed by atoms with Gasteiger partial charge in [0.05, 0.1) is 0 Å². The van der Waals surface area contributed by atoms with Gasteiger partial charge >= 0.3 is 0 Å². The summed E-state index contributed by atoms with van der Waals surface area (Å²) >= 11 is 0. The van der Waals surface area contributed by atoms with Gasteiger partial charge in [0.15, 0.2) is 11.6 Å². The maximum absolute atomic E-state index is 7.03. The molecule has 1 aliphatic rings. The minimum atomic E-state index is 0. The van der Waals surface area contributed by atoms with Crippen LogP contribution >= 0.6 is 0 Å². The van der Waals surface area contributed by atoms with Crippen molar-refractivity contribution in [3.8, 4) is 51.5 Å². The first-order chi connectivity index (χ1) is 31.3. The maximum atomic E-state index is 7.03. The summed E-state index contributed by atoms with van der Waals surface area (Å²) in [6.45, 7) is 12.8. The van der Waals surface area contributed by atoms with Gasteiger partial charge in [0, 0.05) is 72.5 Å². The summed E-state index contributed by atoms with van der Waals surface area (Å²) < 4.78 is 9.15. The zero-order valence-corrected chi connectivity index (χ0v) is 38.7. The Hall–Kier alpha value is -7.41. The smallest absolute Gasteiger partial charge is 0.162 e. The number of pyridine rings is 1. The predicted molar refractivity (Wildman–Crippen MR) is 258 cm³/mol. The van der Waals surface area contributed by atoms with E-state index in [4.69, 9.17) is 24.7 Å². The molecule has 0 N–H and O–H groups in total. The topological polar surface area (TPSA) is 72.2 Å². The van der Waals surface area contributed by atoms with Crippen LogP contribution in [-0.2, 0) is 21.1 Å². The van der Waals surface area contributed by atoms with Crippen LogP contribution in [-0.4, -0.2) is 24.5 Å². The van der Waals surface area contributed by atoms with Crippen LogP contribution < -0.4 is 14.5 Å². The van der Waals surface area contributed by atoms with Gasteiger partial charge in [-0.2, -0.15) is 6.07 Å². The standard InChI is InChI=1S/C56H42N7O.Pt/c1-35-20-24-40(25-21-35)54-58-55(41-26-22-36(2)23-27-41)60-56(59-54)47-32-46-45-15-6-7-16-48(45)63(53-19-10-11-28-57-53)51(46)33-52(47)64-44-14-12-13-42(31-44)61-34-62(50-18-9-8-17-49(50)61)43-29-37(3)39(5)38(4)30-43;/h6-30,32,34H,1-5H3;/q-3;. The van der Waals surface area contributed by atoms with Crippen LogP contribution in [0.2, 0.25) is 0 Å². The predicted octanol–water partition coefficient (Wildman–Crippen LogP) is 13.7. The van der Waals surface area contributed by atoms with Gasteiger partial charge in [0.1, 0.15) is 11.6 Å². The van der Waals surface area contributed by atoms with E-state index in [-0.39, 0.29) is 21.1 Å². The van der Waals surface area contributed by atoms with Gasteiger partial charge in [0.2, 0.25) is 0 Å².